The molecule has 1 heterocycles. The van der Waals surface area contributed by atoms with Crippen LogP contribution < -0.4 is 29.4 Å². The lowest BCUT2D eigenvalue weighted by Gasteiger charge is -2.12. The lowest BCUT2D eigenvalue weighted by atomic mass is 10.1. The minimum Gasteiger partial charge on any atom is -0.496 e. The van der Waals surface area contributed by atoms with E-state index in [0.29, 0.717) is 39.9 Å². The molecule has 1 amide bonds. The van der Waals surface area contributed by atoms with Gasteiger partial charge in [-0.15, -0.1) is 0 Å². The van der Waals surface area contributed by atoms with Gasteiger partial charge in [0, 0.05) is 17.7 Å². The standard InChI is InChI=1S/C20H19NO7/c1-24-14-9-17(26-3)16(25-2)6-11(14)7-18-20(23)13-5-4-12(8-15(13)28-18)27-10-19(21)22/h4-9H,10H2,1-3H3,(H2,21,22)/b18-7-. The first kappa shape index (κ1) is 19.1. The van der Waals surface area contributed by atoms with E-state index in [1.54, 1.807) is 30.3 Å². The predicted octanol–water partition coefficient (Wildman–Crippen LogP) is 2.19. The molecule has 0 aromatic heterocycles. The zero-order valence-electron chi connectivity index (χ0n) is 15.6. The van der Waals surface area contributed by atoms with Crippen molar-refractivity contribution in [3.05, 3.63) is 47.2 Å². The second-order valence-corrected chi connectivity index (χ2v) is 5.80. The number of methoxy groups -OCH3 is 3. The van der Waals surface area contributed by atoms with Crippen LogP contribution in [-0.4, -0.2) is 39.6 Å². The largest absolute Gasteiger partial charge is 0.496 e. The van der Waals surface area contributed by atoms with Gasteiger partial charge in [-0.05, 0) is 24.3 Å². The number of fused-ring (bicyclic) bond motifs is 1. The fourth-order valence-corrected chi connectivity index (χ4v) is 2.72. The molecule has 0 saturated carbocycles. The first-order chi connectivity index (χ1) is 13.5. The van der Waals surface area contributed by atoms with Gasteiger partial charge in [-0.1, -0.05) is 0 Å². The minimum absolute atomic E-state index is 0.118. The molecule has 2 aromatic carbocycles. The average molecular weight is 385 g/mol. The van der Waals surface area contributed by atoms with Crippen LogP contribution in [0.15, 0.2) is 36.1 Å². The van der Waals surface area contributed by atoms with E-state index in [0.717, 1.165) is 0 Å². The number of Topliss-reactive ketones (excluding diaryl/α,β-unsaturated/α-hetero) is 1. The molecule has 1 aliphatic heterocycles. The van der Waals surface area contributed by atoms with Crippen LogP contribution in [0.1, 0.15) is 15.9 Å². The molecule has 2 N–H and O–H groups in total. The van der Waals surface area contributed by atoms with E-state index in [1.165, 1.54) is 27.4 Å². The summed E-state index contributed by atoms with van der Waals surface area (Å²) in [5.74, 6) is 1.41. The molecule has 0 spiro atoms. The number of nitrogens with two attached hydrogens (primary N) is 1. The average Bonchev–Trinajstić information content (AvgIpc) is 3.00. The van der Waals surface area contributed by atoms with Crippen molar-refractivity contribution in [1.82, 2.24) is 0 Å². The van der Waals surface area contributed by atoms with Gasteiger partial charge < -0.3 is 29.4 Å². The molecule has 2 aromatic rings. The van der Waals surface area contributed by atoms with Crippen LogP contribution in [0.25, 0.3) is 6.08 Å². The fraction of sp³-hybridized carbons (Fsp3) is 0.200. The van der Waals surface area contributed by atoms with Crippen molar-refractivity contribution in [2.45, 2.75) is 0 Å². The van der Waals surface area contributed by atoms with E-state index >= 15 is 0 Å². The summed E-state index contributed by atoms with van der Waals surface area (Å²) in [7, 11) is 4.55. The molecule has 8 heteroatoms. The van der Waals surface area contributed by atoms with E-state index in [9.17, 15) is 9.59 Å². The lowest BCUT2D eigenvalue weighted by Crippen LogP contribution is -2.19. The number of carbonyl (C=O) groups excluding carboxylic acids is 2. The monoisotopic (exact) mass is 385 g/mol. The molecule has 0 aliphatic carbocycles. The van der Waals surface area contributed by atoms with Gasteiger partial charge in [-0.25, -0.2) is 0 Å². The molecular weight excluding hydrogens is 366 g/mol. The SMILES string of the molecule is COc1cc(OC)c(OC)cc1/C=C1\Oc2cc(OCC(N)=O)ccc2C1=O. The number of primary amides is 1. The number of amides is 1. The third-order valence-corrected chi connectivity index (χ3v) is 4.04. The molecule has 0 radical (unpaired) electrons. The van der Waals surface area contributed by atoms with E-state index in [-0.39, 0.29) is 18.1 Å². The van der Waals surface area contributed by atoms with E-state index in [4.69, 9.17) is 29.4 Å². The molecule has 3 rings (SSSR count). The first-order valence-corrected chi connectivity index (χ1v) is 8.26. The molecule has 28 heavy (non-hydrogen) atoms. The van der Waals surface area contributed by atoms with E-state index in [1.807, 2.05) is 0 Å². The van der Waals surface area contributed by atoms with Crippen molar-refractivity contribution in [2.24, 2.45) is 5.73 Å². The van der Waals surface area contributed by atoms with Gasteiger partial charge in [0.25, 0.3) is 5.91 Å². The molecule has 146 valence electrons. The first-order valence-electron chi connectivity index (χ1n) is 8.26. The number of rotatable bonds is 7. The highest BCUT2D eigenvalue weighted by Crippen LogP contribution is 2.38. The van der Waals surface area contributed by atoms with Crippen molar-refractivity contribution < 1.29 is 33.3 Å². The highest BCUT2D eigenvalue weighted by molar-refractivity contribution is 6.14. The van der Waals surface area contributed by atoms with Crippen LogP contribution in [0.4, 0.5) is 0 Å². The number of ketones is 1. The Morgan fingerprint density at radius 3 is 2.36 bits per heavy atom. The third-order valence-electron chi connectivity index (χ3n) is 4.04. The van der Waals surface area contributed by atoms with Gasteiger partial charge >= 0.3 is 0 Å². The summed E-state index contributed by atoms with van der Waals surface area (Å²) >= 11 is 0. The van der Waals surface area contributed by atoms with Crippen LogP contribution in [0.5, 0.6) is 28.7 Å². The Morgan fingerprint density at radius 1 is 1.04 bits per heavy atom. The third kappa shape index (κ3) is 3.71. The zero-order chi connectivity index (χ0) is 20.3. The summed E-state index contributed by atoms with van der Waals surface area (Å²) in [6.07, 6.45) is 1.56. The van der Waals surface area contributed by atoms with Crippen LogP contribution in [0, 0.1) is 0 Å². The Morgan fingerprint density at radius 2 is 1.71 bits per heavy atom. The van der Waals surface area contributed by atoms with Crippen molar-refractivity contribution in [2.75, 3.05) is 27.9 Å². The van der Waals surface area contributed by atoms with Crippen LogP contribution in [0.3, 0.4) is 0 Å². The number of allylic oxidation sites excluding steroid dienone is 1. The maximum Gasteiger partial charge on any atom is 0.255 e. The predicted molar refractivity (Wildman–Crippen MR) is 100 cm³/mol. The molecule has 0 atom stereocenters. The topological polar surface area (TPSA) is 106 Å². The summed E-state index contributed by atoms with van der Waals surface area (Å²) in [4.78, 5) is 23.5. The van der Waals surface area contributed by atoms with Crippen molar-refractivity contribution in [1.29, 1.82) is 0 Å². The second kappa shape index (κ2) is 7.91. The zero-order valence-corrected chi connectivity index (χ0v) is 15.6. The van der Waals surface area contributed by atoms with Gasteiger partial charge in [0.2, 0.25) is 5.78 Å². The minimum atomic E-state index is -0.598. The summed E-state index contributed by atoms with van der Waals surface area (Å²) in [5, 5.41) is 0. The van der Waals surface area contributed by atoms with Crippen molar-refractivity contribution in [3.63, 3.8) is 0 Å². The summed E-state index contributed by atoms with van der Waals surface area (Å²) in [6, 6.07) is 8.02. The normalized spacial score (nSPS) is 13.7. The molecule has 1 aliphatic rings. The molecule has 0 unspecified atom stereocenters. The number of hydrogen-bond acceptors (Lipinski definition) is 7. The molecule has 8 nitrogen and oxygen atoms in total. The maximum absolute atomic E-state index is 12.7. The van der Waals surface area contributed by atoms with Gasteiger partial charge in [0.05, 0.1) is 26.9 Å². The Balaban J connectivity index is 1.93. The Kier molecular flexibility index (Phi) is 5.39. The van der Waals surface area contributed by atoms with Crippen LogP contribution >= 0.6 is 0 Å². The summed E-state index contributed by atoms with van der Waals surface area (Å²) in [6.45, 7) is -0.266. The van der Waals surface area contributed by atoms with Gasteiger partial charge in [0.15, 0.2) is 23.9 Å². The molecule has 0 bridgehead atoms. The summed E-state index contributed by atoms with van der Waals surface area (Å²) < 4.78 is 26.9. The van der Waals surface area contributed by atoms with Gasteiger partial charge in [0.1, 0.15) is 17.2 Å². The molecule has 0 saturated heterocycles. The Hall–Kier alpha value is -3.68. The number of carbonyl (C=O) groups is 2. The van der Waals surface area contributed by atoms with Crippen molar-refractivity contribution >= 4 is 17.8 Å². The smallest absolute Gasteiger partial charge is 0.255 e. The Labute approximate surface area is 161 Å². The lowest BCUT2D eigenvalue weighted by molar-refractivity contribution is -0.119. The fourth-order valence-electron chi connectivity index (χ4n) is 2.72. The Bertz CT molecular complexity index is 965. The number of benzene rings is 2. The number of hydrogen-bond donors (Lipinski definition) is 1. The van der Waals surface area contributed by atoms with Crippen molar-refractivity contribution in [3.8, 4) is 28.7 Å². The maximum atomic E-state index is 12.7. The molecular formula is C20H19NO7. The van der Waals surface area contributed by atoms with E-state index < -0.39 is 5.91 Å². The van der Waals surface area contributed by atoms with Crippen LogP contribution in [0.2, 0.25) is 0 Å². The second-order valence-electron chi connectivity index (χ2n) is 5.80. The summed E-state index contributed by atoms with van der Waals surface area (Å²) in [5.41, 5.74) is 6.04. The highest BCUT2D eigenvalue weighted by atomic mass is 16.5. The van der Waals surface area contributed by atoms with Gasteiger partial charge in [-0.3, -0.25) is 9.59 Å². The van der Waals surface area contributed by atoms with Gasteiger partial charge in [-0.2, -0.15) is 0 Å². The molecule has 0 fully saturated rings. The van der Waals surface area contributed by atoms with E-state index in [2.05, 4.69) is 0 Å². The van der Waals surface area contributed by atoms with Crippen LogP contribution in [-0.2, 0) is 4.79 Å². The highest BCUT2D eigenvalue weighted by Gasteiger charge is 2.28. The quantitative estimate of drug-likeness (QED) is 0.728. The number of ether oxygens (including phenoxy) is 5.